The Morgan fingerprint density at radius 1 is 1.18 bits per heavy atom. The summed E-state index contributed by atoms with van der Waals surface area (Å²) in [5, 5.41) is 0.479. The molecule has 0 amide bonds. The van der Waals surface area contributed by atoms with E-state index >= 15 is 0 Å². The Morgan fingerprint density at radius 3 is 2.64 bits per heavy atom. The van der Waals surface area contributed by atoms with E-state index in [0.29, 0.717) is 17.0 Å². The number of aromatic nitrogens is 2. The van der Waals surface area contributed by atoms with Crippen molar-refractivity contribution in [2.45, 2.75) is 12.1 Å². The zero-order valence-corrected chi connectivity index (χ0v) is 16.5. The van der Waals surface area contributed by atoms with Crippen LogP contribution in [0.2, 0.25) is 0 Å². The van der Waals surface area contributed by atoms with Crippen LogP contribution in [0.3, 0.4) is 0 Å². The van der Waals surface area contributed by atoms with Crippen molar-refractivity contribution in [2.75, 3.05) is 18.1 Å². The molecular weight excluding hydrogens is 408 g/mol. The summed E-state index contributed by atoms with van der Waals surface area (Å²) in [4.78, 5) is 17.4. The molecule has 0 aliphatic heterocycles. The van der Waals surface area contributed by atoms with E-state index < -0.39 is 27.2 Å². The van der Waals surface area contributed by atoms with E-state index in [9.17, 15) is 22.0 Å². The lowest BCUT2D eigenvalue weighted by atomic mass is 10.2. The maximum Gasteiger partial charge on any atom is 0.266 e. The van der Waals surface area contributed by atoms with Crippen molar-refractivity contribution in [3.8, 4) is 5.69 Å². The normalized spacial score (nSPS) is 11.8. The quantitative estimate of drug-likeness (QED) is 0.358. The number of rotatable bonds is 7. The summed E-state index contributed by atoms with van der Waals surface area (Å²) in [5.74, 6) is -1.43. The highest BCUT2D eigenvalue weighted by Crippen LogP contribution is 2.23. The molecule has 2 aromatic carbocycles. The maximum absolute atomic E-state index is 14.4. The van der Waals surface area contributed by atoms with Crippen molar-refractivity contribution in [2.24, 2.45) is 0 Å². The number of hydrogen-bond acceptors (Lipinski definition) is 5. The average molecular weight is 425 g/mol. The highest BCUT2D eigenvalue weighted by Gasteiger charge is 2.17. The van der Waals surface area contributed by atoms with E-state index in [1.807, 2.05) is 0 Å². The van der Waals surface area contributed by atoms with Crippen LogP contribution >= 0.6 is 11.8 Å². The van der Waals surface area contributed by atoms with Crippen LogP contribution in [0.15, 0.2) is 52.4 Å². The molecule has 0 aliphatic carbocycles. The maximum atomic E-state index is 14.4. The number of hydrogen-bond donors (Lipinski definition) is 1. The van der Waals surface area contributed by atoms with Crippen LogP contribution in [0.25, 0.3) is 16.6 Å². The predicted octanol–water partition coefficient (Wildman–Crippen LogP) is 2.70. The molecule has 6 nitrogen and oxygen atoms in total. The lowest BCUT2D eigenvalue weighted by Gasteiger charge is -2.14. The third kappa shape index (κ3) is 4.40. The third-order valence-corrected chi connectivity index (χ3v) is 6.28. The Balaban J connectivity index is 2.03. The molecule has 1 N–H and O–H groups in total. The van der Waals surface area contributed by atoms with Gasteiger partial charge in [0.15, 0.2) is 5.16 Å². The SMILES string of the molecule is CCS(=O)(=O)NCCSc1nc2ccccc2c(=O)n1-c1ccc(F)cc1F. The minimum atomic E-state index is -3.34. The lowest BCUT2D eigenvalue weighted by Crippen LogP contribution is -2.28. The molecule has 0 saturated carbocycles. The lowest BCUT2D eigenvalue weighted by molar-refractivity contribution is 0.572. The van der Waals surface area contributed by atoms with Gasteiger partial charge in [0.2, 0.25) is 10.0 Å². The number of halogens is 2. The van der Waals surface area contributed by atoms with Crippen LogP contribution in [-0.4, -0.2) is 36.0 Å². The van der Waals surface area contributed by atoms with Crippen molar-refractivity contribution >= 4 is 32.7 Å². The second-order valence-corrected chi connectivity index (χ2v) is 8.95. The number of para-hydroxylation sites is 1. The smallest absolute Gasteiger partial charge is 0.266 e. The summed E-state index contributed by atoms with van der Waals surface area (Å²) in [7, 11) is -3.34. The van der Waals surface area contributed by atoms with E-state index in [2.05, 4.69) is 9.71 Å². The zero-order chi connectivity index (χ0) is 20.3. The molecule has 0 radical (unpaired) electrons. The number of sulfonamides is 1. The second kappa shape index (κ2) is 8.38. The molecule has 28 heavy (non-hydrogen) atoms. The summed E-state index contributed by atoms with van der Waals surface area (Å²) < 4.78 is 54.2. The van der Waals surface area contributed by atoms with Crippen LogP contribution in [0.4, 0.5) is 8.78 Å². The van der Waals surface area contributed by atoms with Gasteiger partial charge in [0.1, 0.15) is 11.6 Å². The summed E-state index contributed by atoms with van der Waals surface area (Å²) in [5.41, 5.74) is -0.183. The van der Waals surface area contributed by atoms with Crippen LogP contribution < -0.4 is 10.3 Å². The second-order valence-electron chi connectivity index (χ2n) is 5.79. The third-order valence-electron chi connectivity index (χ3n) is 3.93. The standard InChI is InChI=1S/C18H17F2N3O3S2/c1-2-28(25,26)21-9-10-27-18-22-15-6-4-3-5-13(15)17(24)23(18)16-8-7-12(19)11-14(16)20/h3-8,11,21H,2,9-10H2,1H3. The molecule has 0 atom stereocenters. The van der Waals surface area contributed by atoms with Gasteiger partial charge in [-0.05, 0) is 31.2 Å². The van der Waals surface area contributed by atoms with Gasteiger partial charge in [0, 0.05) is 18.4 Å². The van der Waals surface area contributed by atoms with Gasteiger partial charge in [0.25, 0.3) is 5.56 Å². The molecule has 148 valence electrons. The number of nitrogens with one attached hydrogen (secondary N) is 1. The van der Waals surface area contributed by atoms with Crippen LogP contribution in [0.5, 0.6) is 0 Å². The number of thioether (sulfide) groups is 1. The Labute approximate surface area is 164 Å². The molecule has 1 heterocycles. The predicted molar refractivity (Wildman–Crippen MR) is 105 cm³/mol. The molecule has 0 spiro atoms. The summed E-state index contributed by atoms with van der Waals surface area (Å²) in [6.07, 6.45) is 0. The van der Waals surface area contributed by atoms with Crippen molar-refractivity contribution in [1.82, 2.24) is 14.3 Å². The Morgan fingerprint density at radius 2 is 1.93 bits per heavy atom. The van der Waals surface area contributed by atoms with Crippen LogP contribution in [-0.2, 0) is 10.0 Å². The number of fused-ring (bicyclic) bond motifs is 1. The number of benzene rings is 2. The fourth-order valence-corrected chi connectivity index (χ4v) is 4.13. The van der Waals surface area contributed by atoms with E-state index in [1.165, 1.54) is 13.0 Å². The molecule has 0 bridgehead atoms. The van der Waals surface area contributed by atoms with Gasteiger partial charge in [0.05, 0.1) is 22.3 Å². The summed E-state index contributed by atoms with van der Waals surface area (Å²) in [6.45, 7) is 1.64. The molecule has 3 aromatic rings. The minimum absolute atomic E-state index is 0.0443. The first-order valence-electron chi connectivity index (χ1n) is 8.40. The van der Waals surface area contributed by atoms with Gasteiger partial charge in [-0.25, -0.2) is 26.9 Å². The zero-order valence-electron chi connectivity index (χ0n) is 14.9. The van der Waals surface area contributed by atoms with Gasteiger partial charge in [-0.15, -0.1) is 0 Å². The van der Waals surface area contributed by atoms with Crippen LogP contribution in [0.1, 0.15) is 6.92 Å². The van der Waals surface area contributed by atoms with Crippen molar-refractivity contribution < 1.29 is 17.2 Å². The molecule has 0 unspecified atom stereocenters. The highest BCUT2D eigenvalue weighted by atomic mass is 32.2. The van der Waals surface area contributed by atoms with Crippen molar-refractivity contribution in [1.29, 1.82) is 0 Å². The van der Waals surface area contributed by atoms with Gasteiger partial charge < -0.3 is 0 Å². The van der Waals surface area contributed by atoms with E-state index in [1.54, 1.807) is 24.3 Å². The topological polar surface area (TPSA) is 81.1 Å². The number of nitrogens with zero attached hydrogens (tertiary/aromatic N) is 2. The minimum Gasteiger partial charge on any atom is -0.268 e. The first kappa shape index (κ1) is 20.4. The van der Waals surface area contributed by atoms with Crippen LogP contribution in [0, 0.1) is 11.6 Å². The summed E-state index contributed by atoms with van der Waals surface area (Å²) in [6, 6.07) is 9.56. The van der Waals surface area contributed by atoms with Crippen molar-refractivity contribution in [3.63, 3.8) is 0 Å². The van der Waals surface area contributed by atoms with E-state index in [4.69, 9.17) is 0 Å². The largest absolute Gasteiger partial charge is 0.268 e. The molecule has 3 rings (SSSR count). The molecule has 0 fully saturated rings. The monoisotopic (exact) mass is 425 g/mol. The molecule has 10 heteroatoms. The first-order valence-corrected chi connectivity index (χ1v) is 11.0. The highest BCUT2D eigenvalue weighted by molar-refractivity contribution is 7.99. The van der Waals surface area contributed by atoms with Gasteiger partial charge in [-0.3, -0.25) is 9.36 Å². The molecular formula is C18H17F2N3O3S2. The van der Waals surface area contributed by atoms with E-state index in [0.717, 1.165) is 22.4 Å². The van der Waals surface area contributed by atoms with Gasteiger partial charge >= 0.3 is 0 Å². The Bertz CT molecular complexity index is 1180. The molecule has 0 aliphatic rings. The summed E-state index contributed by atoms with van der Waals surface area (Å²) >= 11 is 1.10. The van der Waals surface area contributed by atoms with Gasteiger partial charge in [-0.1, -0.05) is 23.9 Å². The fourth-order valence-electron chi connectivity index (χ4n) is 2.53. The van der Waals surface area contributed by atoms with E-state index in [-0.39, 0.29) is 28.9 Å². The Kier molecular flexibility index (Phi) is 6.11. The Hall–Kier alpha value is -2.30. The first-order chi connectivity index (χ1) is 13.3. The average Bonchev–Trinajstić information content (AvgIpc) is 2.66. The van der Waals surface area contributed by atoms with Crippen molar-refractivity contribution in [3.05, 3.63) is 64.5 Å². The van der Waals surface area contributed by atoms with Gasteiger partial charge in [-0.2, -0.15) is 0 Å². The fraction of sp³-hybridized carbons (Fsp3) is 0.222. The molecule has 1 aromatic heterocycles. The molecule has 0 saturated heterocycles.